The monoisotopic (exact) mass is 352 g/mol. The lowest BCUT2D eigenvalue weighted by Crippen LogP contribution is -2.10. The summed E-state index contributed by atoms with van der Waals surface area (Å²) in [4.78, 5) is 23.2. The minimum atomic E-state index is -0.481. The summed E-state index contributed by atoms with van der Waals surface area (Å²) in [6, 6.07) is 5.41. The maximum Gasteiger partial charge on any atom is 0.311 e. The maximum absolute atomic E-state index is 13.0. The Morgan fingerprint density at radius 1 is 0.920 bits per heavy atom. The first kappa shape index (κ1) is 21.1. The Morgan fingerprint density at radius 2 is 1.60 bits per heavy atom. The van der Waals surface area contributed by atoms with Gasteiger partial charge in [0.2, 0.25) is 0 Å². The molecule has 0 aliphatic carbocycles. The first-order valence-corrected chi connectivity index (χ1v) is 9.23. The fourth-order valence-electron chi connectivity index (χ4n) is 2.41. The fraction of sp³-hybridized carbons (Fsp3) is 0.600. The van der Waals surface area contributed by atoms with E-state index in [0.717, 1.165) is 18.9 Å². The molecule has 0 bridgehead atoms. The molecule has 0 saturated heterocycles. The molecule has 0 saturated carbocycles. The van der Waals surface area contributed by atoms with Crippen LogP contribution in [0.4, 0.5) is 4.39 Å². The van der Waals surface area contributed by atoms with Gasteiger partial charge in [-0.05, 0) is 25.0 Å². The molecule has 0 heterocycles. The summed E-state index contributed by atoms with van der Waals surface area (Å²) >= 11 is 0. The van der Waals surface area contributed by atoms with Gasteiger partial charge in [0.25, 0.3) is 0 Å². The van der Waals surface area contributed by atoms with E-state index in [1.54, 1.807) is 0 Å². The Hall–Kier alpha value is -1.91. The molecule has 4 nitrogen and oxygen atoms in total. The van der Waals surface area contributed by atoms with Crippen molar-refractivity contribution in [1.29, 1.82) is 0 Å². The predicted molar refractivity (Wildman–Crippen MR) is 94.8 cm³/mol. The van der Waals surface area contributed by atoms with Crippen LogP contribution >= 0.6 is 0 Å². The van der Waals surface area contributed by atoms with Crippen LogP contribution in [-0.2, 0) is 14.3 Å². The molecular weight excluding hydrogens is 323 g/mol. The van der Waals surface area contributed by atoms with Gasteiger partial charge in [-0.2, -0.15) is 0 Å². The number of carbonyl (C=O) groups is 2. The number of esters is 2. The van der Waals surface area contributed by atoms with Gasteiger partial charge in [-0.3, -0.25) is 9.59 Å². The number of hydrogen-bond donors (Lipinski definition) is 0. The van der Waals surface area contributed by atoms with E-state index < -0.39 is 11.8 Å². The van der Waals surface area contributed by atoms with Crippen molar-refractivity contribution in [2.24, 2.45) is 0 Å². The molecule has 0 N–H and O–H groups in total. The fourth-order valence-corrected chi connectivity index (χ4v) is 2.41. The van der Waals surface area contributed by atoms with E-state index in [1.807, 2.05) is 0 Å². The number of carbonyl (C=O) groups excluding carboxylic acids is 2. The van der Waals surface area contributed by atoms with Gasteiger partial charge in [-0.15, -0.1) is 0 Å². The highest BCUT2D eigenvalue weighted by Crippen LogP contribution is 2.13. The Balaban J connectivity index is 2.00. The summed E-state index contributed by atoms with van der Waals surface area (Å²) in [7, 11) is 0. The number of benzene rings is 1. The van der Waals surface area contributed by atoms with Crippen molar-refractivity contribution < 1.29 is 23.5 Å². The van der Waals surface area contributed by atoms with Crippen LogP contribution in [0.1, 0.15) is 71.1 Å². The minimum absolute atomic E-state index is 0.100. The van der Waals surface area contributed by atoms with Crippen molar-refractivity contribution >= 4 is 11.9 Å². The van der Waals surface area contributed by atoms with Crippen molar-refractivity contribution in [3.05, 3.63) is 30.1 Å². The molecule has 1 aromatic carbocycles. The van der Waals surface area contributed by atoms with Gasteiger partial charge in [-0.1, -0.05) is 51.5 Å². The van der Waals surface area contributed by atoms with Crippen LogP contribution in [0.5, 0.6) is 5.75 Å². The first-order valence-electron chi connectivity index (χ1n) is 9.23. The van der Waals surface area contributed by atoms with Crippen LogP contribution in [0, 0.1) is 5.82 Å². The molecule has 0 aliphatic rings. The Kier molecular flexibility index (Phi) is 11.3. The lowest BCUT2D eigenvalue weighted by molar-refractivity contribution is -0.144. The number of hydrogen-bond acceptors (Lipinski definition) is 4. The highest BCUT2D eigenvalue weighted by Gasteiger charge is 2.08. The lowest BCUT2D eigenvalue weighted by atomic mass is 10.1. The zero-order valence-electron chi connectivity index (χ0n) is 15.1. The average molecular weight is 352 g/mol. The highest BCUT2D eigenvalue weighted by atomic mass is 19.1. The third-order valence-corrected chi connectivity index (χ3v) is 3.80. The van der Waals surface area contributed by atoms with Crippen LogP contribution in [0.25, 0.3) is 0 Å². The molecule has 25 heavy (non-hydrogen) atoms. The molecule has 0 fully saturated rings. The van der Waals surface area contributed by atoms with Gasteiger partial charge in [0.1, 0.15) is 11.6 Å². The van der Waals surface area contributed by atoms with Crippen LogP contribution in [0.2, 0.25) is 0 Å². The Labute approximate surface area is 149 Å². The molecule has 0 unspecified atom stereocenters. The van der Waals surface area contributed by atoms with Crippen molar-refractivity contribution in [3.63, 3.8) is 0 Å². The third-order valence-electron chi connectivity index (χ3n) is 3.80. The molecule has 140 valence electrons. The number of halogens is 1. The van der Waals surface area contributed by atoms with E-state index in [1.165, 1.54) is 50.3 Å². The summed E-state index contributed by atoms with van der Waals surface area (Å²) in [6.07, 6.45) is 8.86. The molecule has 0 atom stereocenters. The minimum Gasteiger partial charge on any atom is -0.466 e. The summed E-state index contributed by atoms with van der Waals surface area (Å²) in [5, 5.41) is 0. The van der Waals surface area contributed by atoms with E-state index in [-0.39, 0.29) is 24.6 Å². The Bertz CT molecular complexity index is 516. The number of ether oxygens (including phenoxy) is 2. The van der Waals surface area contributed by atoms with Crippen LogP contribution < -0.4 is 4.74 Å². The lowest BCUT2D eigenvalue weighted by Gasteiger charge is -2.06. The molecule has 5 heteroatoms. The van der Waals surface area contributed by atoms with E-state index in [9.17, 15) is 14.0 Å². The molecule has 0 aromatic heterocycles. The zero-order chi connectivity index (χ0) is 18.3. The van der Waals surface area contributed by atoms with Crippen LogP contribution in [0.15, 0.2) is 24.3 Å². The van der Waals surface area contributed by atoms with E-state index >= 15 is 0 Å². The van der Waals surface area contributed by atoms with Crippen molar-refractivity contribution in [2.75, 3.05) is 6.61 Å². The second-order valence-corrected chi connectivity index (χ2v) is 6.13. The topological polar surface area (TPSA) is 52.6 Å². The van der Waals surface area contributed by atoms with Gasteiger partial charge < -0.3 is 9.47 Å². The van der Waals surface area contributed by atoms with E-state index in [0.29, 0.717) is 13.0 Å². The zero-order valence-corrected chi connectivity index (χ0v) is 15.1. The van der Waals surface area contributed by atoms with Crippen LogP contribution in [0.3, 0.4) is 0 Å². The standard InChI is InChI=1S/C20H29FO4/c1-2-3-4-5-6-7-8-15-24-19(22)13-10-14-20(23)25-18-12-9-11-17(21)16-18/h9,11-12,16H,2-8,10,13-15H2,1H3. The summed E-state index contributed by atoms with van der Waals surface area (Å²) in [5.41, 5.74) is 0. The SMILES string of the molecule is CCCCCCCCCOC(=O)CCCC(=O)Oc1cccc(F)c1. The molecule has 0 amide bonds. The normalized spacial score (nSPS) is 10.5. The summed E-state index contributed by atoms with van der Waals surface area (Å²) in [5.74, 6) is -1.05. The quantitative estimate of drug-likeness (QED) is 0.278. The van der Waals surface area contributed by atoms with Gasteiger partial charge >= 0.3 is 11.9 Å². The summed E-state index contributed by atoms with van der Waals surface area (Å²) in [6.45, 7) is 2.64. The average Bonchev–Trinajstić information content (AvgIpc) is 2.57. The van der Waals surface area contributed by atoms with E-state index in [4.69, 9.17) is 9.47 Å². The van der Waals surface area contributed by atoms with Crippen molar-refractivity contribution in [1.82, 2.24) is 0 Å². The molecule has 0 aliphatic heterocycles. The van der Waals surface area contributed by atoms with Crippen molar-refractivity contribution in [2.45, 2.75) is 71.1 Å². The van der Waals surface area contributed by atoms with E-state index in [2.05, 4.69) is 6.92 Å². The third kappa shape index (κ3) is 11.3. The number of unbranched alkanes of at least 4 members (excludes halogenated alkanes) is 6. The van der Waals surface area contributed by atoms with Gasteiger partial charge in [0.05, 0.1) is 6.61 Å². The summed E-state index contributed by atoms with van der Waals surface area (Å²) < 4.78 is 23.1. The molecule has 0 spiro atoms. The smallest absolute Gasteiger partial charge is 0.311 e. The van der Waals surface area contributed by atoms with Crippen molar-refractivity contribution in [3.8, 4) is 5.75 Å². The Morgan fingerprint density at radius 3 is 2.32 bits per heavy atom. The van der Waals surface area contributed by atoms with Crippen LogP contribution in [-0.4, -0.2) is 18.5 Å². The van der Waals surface area contributed by atoms with Gasteiger partial charge in [0, 0.05) is 18.9 Å². The molecule has 0 radical (unpaired) electrons. The second kappa shape index (κ2) is 13.4. The highest BCUT2D eigenvalue weighted by molar-refractivity contribution is 5.74. The largest absolute Gasteiger partial charge is 0.466 e. The van der Waals surface area contributed by atoms with Gasteiger partial charge in [-0.25, -0.2) is 4.39 Å². The number of rotatable bonds is 13. The molecule has 1 rings (SSSR count). The maximum atomic E-state index is 13.0. The predicted octanol–water partition coefficient (Wildman–Crippen LogP) is 5.20. The first-order chi connectivity index (χ1) is 12.1. The molecule has 1 aromatic rings. The molecular formula is C20H29FO4. The van der Waals surface area contributed by atoms with Gasteiger partial charge in [0.15, 0.2) is 0 Å². The second-order valence-electron chi connectivity index (χ2n) is 6.13.